The van der Waals surface area contributed by atoms with Gasteiger partial charge in [-0.2, -0.15) is 0 Å². The molecular weight excluding hydrogens is 390 g/mol. The van der Waals surface area contributed by atoms with Crippen LogP contribution in [0.2, 0.25) is 0 Å². The number of benzene rings is 2. The van der Waals surface area contributed by atoms with Gasteiger partial charge in [-0.3, -0.25) is 0 Å². The van der Waals surface area contributed by atoms with E-state index in [1.54, 1.807) is 0 Å². The lowest BCUT2D eigenvalue weighted by molar-refractivity contribution is 0.270. The second-order valence-electron chi connectivity index (χ2n) is 5.83. The third kappa shape index (κ3) is 3.58. The van der Waals surface area contributed by atoms with Crippen molar-refractivity contribution >= 4 is 31.9 Å². The second kappa shape index (κ2) is 6.64. The molecule has 1 nitrogen and oxygen atoms in total. The van der Waals surface area contributed by atoms with Gasteiger partial charge in [0.1, 0.15) is 0 Å². The molecule has 0 unspecified atom stereocenters. The van der Waals surface area contributed by atoms with Crippen LogP contribution in [0, 0.1) is 0 Å². The third-order valence-corrected chi connectivity index (χ3v) is 5.53. The Labute approximate surface area is 143 Å². The zero-order valence-electron chi connectivity index (χ0n) is 12.0. The van der Waals surface area contributed by atoms with Crippen LogP contribution in [0.25, 0.3) is 0 Å². The molecule has 0 spiro atoms. The topological polar surface area (TPSA) is 12.0 Å². The number of rotatable bonds is 4. The number of hydrogen-bond donors (Lipinski definition) is 1. The van der Waals surface area contributed by atoms with Gasteiger partial charge in [0.05, 0.1) is 0 Å². The summed E-state index contributed by atoms with van der Waals surface area (Å²) in [5.74, 6) is 0.688. The molecule has 1 atom stereocenters. The average Bonchev–Trinajstić information content (AvgIpc) is 2.43. The molecule has 21 heavy (non-hydrogen) atoms. The van der Waals surface area contributed by atoms with Crippen molar-refractivity contribution in [1.82, 2.24) is 5.32 Å². The molecule has 1 saturated carbocycles. The molecule has 0 bridgehead atoms. The van der Waals surface area contributed by atoms with E-state index in [1.807, 2.05) is 0 Å². The largest absolute Gasteiger partial charge is 0.307 e. The van der Waals surface area contributed by atoms with Crippen molar-refractivity contribution in [3.63, 3.8) is 0 Å². The molecular formula is C18H19Br2N. The minimum atomic E-state index is 0.396. The molecule has 1 N–H and O–H groups in total. The Kier molecular flexibility index (Phi) is 4.82. The van der Waals surface area contributed by atoms with Crippen molar-refractivity contribution in [3.05, 3.63) is 68.6 Å². The first-order chi connectivity index (χ1) is 10.1. The molecule has 3 rings (SSSR count). The predicted octanol–water partition coefficient (Wildman–Crippen LogP) is 5.81. The van der Waals surface area contributed by atoms with E-state index < -0.39 is 0 Å². The number of hydrogen-bond acceptors (Lipinski definition) is 1. The van der Waals surface area contributed by atoms with Crippen LogP contribution in [0.3, 0.4) is 0 Å². The van der Waals surface area contributed by atoms with Crippen molar-refractivity contribution in [3.8, 4) is 0 Å². The molecule has 0 saturated heterocycles. The highest BCUT2D eigenvalue weighted by Gasteiger charge is 2.32. The van der Waals surface area contributed by atoms with Crippen molar-refractivity contribution in [2.24, 2.45) is 0 Å². The molecule has 0 heterocycles. The summed E-state index contributed by atoms with van der Waals surface area (Å²) in [6, 6.07) is 18.2. The second-order valence-corrected chi connectivity index (χ2v) is 7.60. The van der Waals surface area contributed by atoms with Crippen LogP contribution in [-0.2, 0) is 0 Å². The van der Waals surface area contributed by atoms with E-state index in [9.17, 15) is 0 Å². The summed E-state index contributed by atoms with van der Waals surface area (Å²) in [5.41, 5.74) is 2.79. The van der Waals surface area contributed by atoms with E-state index in [1.165, 1.54) is 28.4 Å². The third-order valence-electron chi connectivity index (χ3n) is 4.32. The standard InChI is InChI=1S/C18H19Br2N/c1-12(13-5-4-6-15(19)9-13)21-16-10-14(11-16)17-7-2-3-8-18(17)20/h2-9,12,14,16,21H,10-11H2,1H3/t12-,14?,16?/m0/s1. The Hall–Kier alpha value is -0.640. The Bertz CT molecular complexity index is 620. The first-order valence-electron chi connectivity index (χ1n) is 7.39. The fourth-order valence-corrected chi connectivity index (χ4v) is 4.07. The lowest BCUT2D eigenvalue weighted by atomic mass is 9.75. The van der Waals surface area contributed by atoms with E-state index in [2.05, 4.69) is 92.6 Å². The highest BCUT2D eigenvalue weighted by atomic mass is 79.9. The van der Waals surface area contributed by atoms with Gasteiger partial charge in [-0.25, -0.2) is 0 Å². The average molecular weight is 409 g/mol. The van der Waals surface area contributed by atoms with Crippen molar-refractivity contribution < 1.29 is 0 Å². The van der Waals surface area contributed by atoms with Gasteiger partial charge >= 0.3 is 0 Å². The molecule has 1 fully saturated rings. The van der Waals surface area contributed by atoms with Gasteiger partial charge < -0.3 is 5.32 Å². The smallest absolute Gasteiger partial charge is 0.0294 e. The fraction of sp³-hybridized carbons (Fsp3) is 0.333. The maximum atomic E-state index is 3.74. The SMILES string of the molecule is C[C@H](NC1CC(c2ccccc2Br)C1)c1cccc(Br)c1. The lowest BCUT2D eigenvalue weighted by Crippen LogP contribution is -2.41. The lowest BCUT2D eigenvalue weighted by Gasteiger charge is -2.38. The fourth-order valence-electron chi connectivity index (χ4n) is 3.04. The van der Waals surface area contributed by atoms with Crippen LogP contribution in [0.15, 0.2) is 57.5 Å². The van der Waals surface area contributed by atoms with Crippen LogP contribution < -0.4 is 5.32 Å². The highest BCUT2D eigenvalue weighted by molar-refractivity contribution is 9.10. The normalized spacial score (nSPS) is 22.6. The van der Waals surface area contributed by atoms with Crippen LogP contribution in [0.1, 0.15) is 42.9 Å². The molecule has 0 aliphatic heterocycles. The van der Waals surface area contributed by atoms with E-state index in [0.29, 0.717) is 18.0 Å². The maximum Gasteiger partial charge on any atom is 0.0294 e. The number of nitrogens with one attached hydrogen (secondary N) is 1. The van der Waals surface area contributed by atoms with Crippen LogP contribution >= 0.6 is 31.9 Å². The van der Waals surface area contributed by atoms with E-state index in [4.69, 9.17) is 0 Å². The molecule has 1 aliphatic rings. The zero-order valence-corrected chi connectivity index (χ0v) is 15.2. The van der Waals surface area contributed by atoms with Crippen LogP contribution in [0.5, 0.6) is 0 Å². The Morgan fingerprint density at radius 1 is 1.05 bits per heavy atom. The van der Waals surface area contributed by atoms with Gasteiger partial charge in [0.15, 0.2) is 0 Å². The van der Waals surface area contributed by atoms with Gasteiger partial charge in [0, 0.05) is 21.0 Å². The summed E-state index contributed by atoms with van der Waals surface area (Å²) >= 11 is 7.20. The summed E-state index contributed by atoms with van der Waals surface area (Å²) in [6.07, 6.45) is 2.45. The Balaban J connectivity index is 1.56. The van der Waals surface area contributed by atoms with Gasteiger partial charge in [-0.05, 0) is 55.0 Å². The van der Waals surface area contributed by atoms with Gasteiger partial charge in [-0.1, -0.05) is 62.2 Å². The predicted molar refractivity (Wildman–Crippen MR) is 95.6 cm³/mol. The molecule has 2 aromatic rings. The van der Waals surface area contributed by atoms with E-state index in [0.717, 1.165) is 4.47 Å². The Morgan fingerprint density at radius 3 is 2.52 bits per heavy atom. The molecule has 2 aromatic carbocycles. The van der Waals surface area contributed by atoms with Crippen LogP contribution in [0.4, 0.5) is 0 Å². The van der Waals surface area contributed by atoms with E-state index in [-0.39, 0.29) is 0 Å². The Morgan fingerprint density at radius 2 is 1.81 bits per heavy atom. The molecule has 0 aromatic heterocycles. The first kappa shape index (κ1) is 15.3. The van der Waals surface area contributed by atoms with Crippen molar-refractivity contribution in [2.45, 2.75) is 37.8 Å². The van der Waals surface area contributed by atoms with E-state index >= 15 is 0 Å². The highest BCUT2D eigenvalue weighted by Crippen LogP contribution is 2.40. The van der Waals surface area contributed by atoms with Crippen molar-refractivity contribution in [1.29, 1.82) is 0 Å². The molecule has 1 aliphatic carbocycles. The first-order valence-corrected chi connectivity index (χ1v) is 8.98. The molecule has 110 valence electrons. The monoisotopic (exact) mass is 407 g/mol. The minimum Gasteiger partial charge on any atom is -0.307 e. The van der Waals surface area contributed by atoms with Gasteiger partial charge in [0.25, 0.3) is 0 Å². The minimum absolute atomic E-state index is 0.396. The summed E-state index contributed by atoms with van der Waals surface area (Å²) in [7, 11) is 0. The maximum absolute atomic E-state index is 3.74. The summed E-state index contributed by atoms with van der Waals surface area (Å²) in [5, 5.41) is 3.74. The van der Waals surface area contributed by atoms with Crippen molar-refractivity contribution in [2.75, 3.05) is 0 Å². The zero-order chi connectivity index (χ0) is 14.8. The quantitative estimate of drug-likeness (QED) is 0.673. The molecule has 3 heteroatoms. The summed E-state index contributed by atoms with van der Waals surface area (Å²) in [6.45, 7) is 2.24. The van der Waals surface area contributed by atoms with Crippen LogP contribution in [-0.4, -0.2) is 6.04 Å². The van der Waals surface area contributed by atoms with Gasteiger partial charge in [-0.15, -0.1) is 0 Å². The van der Waals surface area contributed by atoms with Gasteiger partial charge in [0.2, 0.25) is 0 Å². The number of halogens is 2. The summed E-state index contributed by atoms with van der Waals surface area (Å²) < 4.78 is 2.39. The summed E-state index contributed by atoms with van der Waals surface area (Å²) in [4.78, 5) is 0. The molecule has 0 amide bonds. The molecule has 0 radical (unpaired) electrons.